The lowest BCUT2D eigenvalue weighted by atomic mass is 9.67. The molecule has 2 fully saturated rings. The second-order valence-electron chi connectivity index (χ2n) is 9.05. The van der Waals surface area contributed by atoms with Crippen molar-refractivity contribution in [2.75, 3.05) is 13.2 Å². The van der Waals surface area contributed by atoms with Crippen molar-refractivity contribution < 1.29 is 18.8 Å². The summed E-state index contributed by atoms with van der Waals surface area (Å²) in [5.74, 6) is 0.0365. The quantitative estimate of drug-likeness (QED) is 0.788. The number of ether oxygens (including phenoxy) is 1. The Labute approximate surface area is 149 Å². The van der Waals surface area contributed by atoms with Crippen LogP contribution in [0.2, 0.25) is 0 Å². The van der Waals surface area contributed by atoms with E-state index in [1.165, 1.54) is 0 Å². The van der Waals surface area contributed by atoms with E-state index in [2.05, 4.69) is 23.5 Å². The van der Waals surface area contributed by atoms with E-state index in [-0.39, 0.29) is 22.6 Å². The van der Waals surface area contributed by atoms with Crippen LogP contribution < -0.4 is 10.8 Å². The van der Waals surface area contributed by atoms with Crippen molar-refractivity contribution in [1.82, 2.24) is 5.32 Å². The van der Waals surface area contributed by atoms with Gasteiger partial charge < -0.3 is 19.4 Å². The van der Waals surface area contributed by atoms with E-state index in [9.17, 15) is 4.79 Å². The van der Waals surface area contributed by atoms with Gasteiger partial charge in [-0.15, -0.1) is 0 Å². The zero-order chi connectivity index (χ0) is 18.3. The summed E-state index contributed by atoms with van der Waals surface area (Å²) < 4.78 is 17.8. The summed E-state index contributed by atoms with van der Waals surface area (Å²) in [5.41, 5.74) is 1.38. The molecule has 2 saturated heterocycles. The Bertz CT molecular complexity index is 736. The summed E-state index contributed by atoms with van der Waals surface area (Å²) >= 11 is 0. The van der Waals surface area contributed by atoms with Crippen LogP contribution in [-0.4, -0.2) is 37.4 Å². The maximum absolute atomic E-state index is 12.7. The highest BCUT2D eigenvalue weighted by Crippen LogP contribution is 2.42. The van der Waals surface area contributed by atoms with Gasteiger partial charge in [0.15, 0.2) is 0 Å². The number of carbonyl (C=O) groups excluding carboxylic acids is 1. The van der Waals surface area contributed by atoms with Gasteiger partial charge in [-0.2, -0.15) is 0 Å². The number of hydrogen-bond acceptors (Lipinski definition) is 4. The van der Waals surface area contributed by atoms with Gasteiger partial charge in [-0.1, -0.05) is 18.2 Å². The average Bonchev–Trinajstić information content (AvgIpc) is 2.69. The molecular formula is C19H26BNO4. The van der Waals surface area contributed by atoms with Crippen LogP contribution in [0.3, 0.4) is 0 Å². The Hall–Kier alpha value is -1.37. The highest BCUT2D eigenvalue weighted by molar-refractivity contribution is 6.62. The second kappa shape index (κ2) is 4.87. The van der Waals surface area contributed by atoms with Crippen molar-refractivity contribution >= 4 is 18.5 Å². The van der Waals surface area contributed by atoms with Gasteiger partial charge in [0, 0.05) is 0 Å². The van der Waals surface area contributed by atoms with E-state index in [1.807, 2.05) is 41.5 Å². The molecule has 3 aliphatic rings. The predicted octanol–water partition coefficient (Wildman–Crippen LogP) is 1.62. The molecule has 3 aliphatic heterocycles. The minimum Gasteiger partial charge on any atom is -0.399 e. The fourth-order valence-electron chi connectivity index (χ4n) is 3.72. The van der Waals surface area contributed by atoms with E-state index in [0.717, 1.165) is 16.6 Å². The molecule has 5 nitrogen and oxygen atoms in total. The van der Waals surface area contributed by atoms with E-state index in [1.54, 1.807) is 0 Å². The van der Waals surface area contributed by atoms with Crippen LogP contribution in [0.4, 0.5) is 0 Å². The van der Waals surface area contributed by atoms with Crippen molar-refractivity contribution in [3.8, 4) is 0 Å². The molecule has 4 rings (SSSR count). The van der Waals surface area contributed by atoms with Gasteiger partial charge in [0.1, 0.15) is 5.54 Å². The van der Waals surface area contributed by atoms with Crippen LogP contribution in [0.25, 0.3) is 0 Å². The number of nitrogens with one attached hydrogen (secondary N) is 1. The summed E-state index contributed by atoms with van der Waals surface area (Å²) in [6, 6.07) is 6.23. The van der Waals surface area contributed by atoms with E-state index in [0.29, 0.717) is 13.2 Å². The first-order chi connectivity index (χ1) is 11.5. The van der Waals surface area contributed by atoms with Gasteiger partial charge in [-0.3, -0.25) is 4.79 Å². The van der Waals surface area contributed by atoms with Gasteiger partial charge in [0.05, 0.1) is 29.8 Å². The third-order valence-corrected chi connectivity index (χ3v) is 6.38. The minimum atomic E-state index is -0.601. The molecule has 3 heterocycles. The number of rotatable bonds is 1. The Balaban J connectivity index is 1.77. The predicted molar refractivity (Wildman–Crippen MR) is 95.8 cm³/mol. The molecule has 6 heteroatoms. The summed E-state index contributed by atoms with van der Waals surface area (Å²) in [6.45, 7) is 13.2. The summed E-state index contributed by atoms with van der Waals surface area (Å²) in [6.07, 6.45) is 0. The molecule has 1 amide bonds. The molecule has 1 N–H and O–H groups in total. The SMILES string of the molecule is CC1(C)C(=O)NC2(COC2)c2ccc(B3OC(C)(C)C(C)(C)O3)cc21. The average molecular weight is 343 g/mol. The van der Waals surface area contributed by atoms with Crippen molar-refractivity contribution in [2.45, 2.75) is 63.7 Å². The zero-order valence-corrected chi connectivity index (χ0v) is 15.9. The van der Waals surface area contributed by atoms with Gasteiger partial charge in [-0.25, -0.2) is 0 Å². The Morgan fingerprint density at radius 1 is 0.960 bits per heavy atom. The monoisotopic (exact) mass is 343 g/mol. The first-order valence-electron chi connectivity index (χ1n) is 8.89. The number of carbonyl (C=O) groups is 1. The molecule has 1 aromatic carbocycles. The summed E-state index contributed by atoms with van der Waals surface area (Å²) in [7, 11) is -0.426. The fraction of sp³-hybridized carbons (Fsp3) is 0.632. The van der Waals surface area contributed by atoms with Crippen molar-refractivity contribution in [1.29, 1.82) is 0 Å². The number of amides is 1. The standard InChI is InChI=1S/C19H26BNO4/c1-16(2)14-9-12(20-24-17(3,4)18(5,6)25-20)7-8-13(14)19(10-23-11-19)21-15(16)22/h7-9H,10-11H2,1-6H3,(H,21,22). The highest BCUT2D eigenvalue weighted by Gasteiger charge is 2.54. The Kier molecular flexibility index (Phi) is 3.33. The Morgan fingerprint density at radius 2 is 1.56 bits per heavy atom. The van der Waals surface area contributed by atoms with E-state index >= 15 is 0 Å². The molecule has 134 valence electrons. The van der Waals surface area contributed by atoms with Crippen molar-refractivity contribution in [3.05, 3.63) is 29.3 Å². The summed E-state index contributed by atoms with van der Waals surface area (Å²) in [4.78, 5) is 12.7. The van der Waals surface area contributed by atoms with Crippen molar-refractivity contribution in [3.63, 3.8) is 0 Å². The van der Waals surface area contributed by atoms with Gasteiger partial charge in [0.2, 0.25) is 5.91 Å². The van der Waals surface area contributed by atoms with Gasteiger partial charge in [-0.05, 0) is 58.1 Å². The number of benzene rings is 1. The first kappa shape index (κ1) is 17.1. The Morgan fingerprint density at radius 3 is 2.08 bits per heavy atom. The summed E-state index contributed by atoms with van der Waals surface area (Å²) in [5, 5.41) is 3.16. The number of hydrogen-bond donors (Lipinski definition) is 1. The third-order valence-electron chi connectivity index (χ3n) is 6.38. The first-order valence-corrected chi connectivity index (χ1v) is 8.89. The lowest BCUT2D eigenvalue weighted by Gasteiger charge is -2.50. The smallest absolute Gasteiger partial charge is 0.399 e. The molecule has 25 heavy (non-hydrogen) atoms. The van der Waals surface area contributed by atoms with Crippen LogP contribution in [0, 0.1) is 0 Å². The molecular weight excluding hydrogens is 317 g/mol. The van der Waals surface area contributed by atoms with E-state index < -0.39 is 12.5 Å². The van der Waals surface area contributed by atoms with E-state index in [4.69, 9.17) is 14.0 Å². The number of fused-ring (bicyclic) bond motifs is 2. The van der Waals surface area contributed by atoms with Crippen LogP contribution in [0.5, 0.6) is 0 Å². The molecule has 0 bridgehead atoms. The third kappa shape index (κ3) is 2.24. The molecule has 0 aromatic heterocycles. The van der Waals surface area contributed by atoms with Crippen LogP contribution in [-0.2, 0) is 29.8 Å². The lowest BCUT2D eigenvalue weighted by molar-refractivity contribution is -0.141. The normalized spacial score (nSPS) is 27.6. The fourth-order valence-corrected chi connectivity index (χ4v) is 3.72. The van der Waals surface area contributed by atoms with Crippen LogP contribution in [0.15, 0.2) is 18.2 Å². The maximum Gasteiger partial charge on any atom is 0.494 e. The van der Waals surface area contributed by atoms with Crippen molar-refractivity contribution in [2.24, 2.45) is 0 Å². The molecule has 1 aromatic rings. The van der Waals surface area contributed by atoms with Gasteiger partial charge >= 0.3 is 7.12 Å². The molecule has 0 radical (unpaired) electrons. The topological polar surface area (TPSA) is 56.8 Å². The molecule has 0 atom stereocenters. The van der Waals surface area contributed by atoms with Crippen LogP contribution >= 0.6 is 0 Å². The highest BCUT2D eigenvalue weighted by atomic mass is 16.7. The zero-order valence-electron chi connectivity index (χ0n) is 15.9. The minimum absolute atomic E-state index is 0.0365. The van der Waals surface area contributed by atoms with Gasteiger partial charge in [0.25, 0.3) is 0 Å². The lowest BCUT2D eigenvalue weighted by Crippen LogP contribution is -2.66. The molecule has 0 saturated carbocycles. The maximum atomic E-state index is 12.7. The molecule has 0 unspecified atom stereocenters. The van der Waals surface area contributed by atoms with Crippen LogP contribution in [0.1, 0.15) is 52.7 Å². The largest absolute Gasteiger partial charge is 0.494 e. The second-order valence-corrected chi connectivity index (χ2v) is 9.05. The molecule has 1 spiro atoms. The molecule has 0 aliphatic carbocycles.